The second-order valence-corrected chi connectivity index (χ2v) is 8.12. The Labute approximate surface area is 166 Å². The summed E-state index contributed by atoms with van der Waals surface area (Å²) in [6.07, 6.45) is 4.28. The Morgan fingerprint density at radius 3 is 2.59 bits per heavy atom. The third-order valence-electron chi connectivity index (χ3n) is 5.08. The second kappa shape index (κ2) is 10.0. The maximum Gasteiger partial charge on any atom is 0.238 e. The van der Waals surface area contributed by atoms with Crippen LogP contribution in [0.15, 0.2) is 35.7 Å². The van der Waals surface area contributed by atoms with Gasteiger partial charge in [0.05, 0.1) is 12.6 Å². The van der Waals surface area contributed by atoms with Crippen LogP contribution < -0.4 is 5.32 Å². The molecule has 4 nitrogen and oxygen atoms in total. The van der Waals surface area contributed by atoms with E-state index in [9.17, 15) is 4.79 Å². The molecule has 5 heteroatoms. The monoisotopic (exact) mass is 386 g/mol. The molecule has 2 heterocycles. The summed E-state index contributed by atoms with van der Waals surface area (Å²) in [5.74, 6) is 0.0557. The minimum absolute atomic E-state index is 0.0557. The van der Waals surface area contributed by atoms with Crippen molar-refractivity contribution in [3.8, 4) is 0 Å². The summed E-state index contributed by atoms with van der Waals surface area (Å²) < 4.78 is 5.81. The van der Waals surface area contributed by atoms with Crippen molar-refractivity contribution in [2.45, 2.75) is 52.2 Å². The summed E-state index contributed by atoms with van der Waals surface area (Å²) in [4.78, 5) is 16.4. The van der Waals surface area contributed by atoms with Crippen LogP contribution in [0.2, 0.25) is 0 Å². The predicted molar refractivity (Wildman–Crippen MR) is 112 cm³/mol. The molecule has 146 valence electrons. The van der Waals surface area contributed by atoms with Gasteiger partial charge in [-0.25, -0.2) is 0 Å². The van der Waals surface area contributed by atoms with Crippen molar-refractivity contribution in [3.05, 3.63) is 51.7 Å². The van der Waals surface area contributed by atoms with Gasteiger partial charge in [-0.2, -0.15) is 0 Å². The Bertz CT molecular complexity index is 702. The molecule has 1 amide bonds. The van der Waals surface area contributed by atoms with Gasteiger partial charge in [0.2, 0.25) is 5.91 Å². The number of aryl methyl sites for hydroxylation is 2. The van der Waals surface area contributed by atoms with Gasteiger partial charge in [0.25, 0.3) is 0 Å². The number of hydrogen-bond acceptors (Lipinski definition) is 4. The van der Waals surface area contributed by atoms with Gasteiger partial charge in [-0.3, -0.25) is 9.69 Å². The first kappa shape index (κ1) is 20.1. The van der Waals surface area contributed by atoms with Crippen molar-refractivity contribution >= 4 is 22.9 Å². The fourth-order valence-corrected chi connectivity index (χ4v) is 4.42. The number of amides is 1. The maximum absolute atomic E-state index is 12.9. The molecule has 0 unspecified atom stereocenters. The van der Waals surface area contributed by atoms with Crippen molar-refractivity contribution in [2.24, 2.45) is 0 Å². The molecule has 2 aromatic rings. The van der Waals surface area contributed by atoms with E-state index in [2.05, 4.69) is 59.8 Å². The molecule has 0 spiro atoms. The second-order valence-electron chi connectivity index (χ2n) is 7.09. The molecular formula is C22H30N2O2S. The highest BCUT2D eigenvalue weighted by molar-refractivity contribution is 7.09. The summed E-state index contributed by atoms with van der Waals surface area (Å²) in [5.41, 5.74) is 3.40. The molecule has 1 aromatic heterocycles. The molecule has 27 heavy (non-hydrogen) atoms. The molecule has 1 saturated heterocycles. The highest BCUT2D eigenvalue weighted by Gasteiger charge is 2.22. The zero-order chi connectivity index (χ0) is 19.1. The van der Waals surface area contributed by atoms with E-state index in [-0.39, 0.29) is 12.0 Å². The number of ether oxygens (including phenoxy) is 1. The minimum Gasteiger partial charge on any atom is -0.377 e. The van der Waals surface area contributed by atoms with Gasteiger partial charge in [-0.1, -0.05) is 38.1 Å². The molecule has 1 aromatic carbocycles. The first-order valence-corrected chi connectivity index (χ1v) is 10.8. The summed E-state index contributed by atoms with van der Waals surface area (Å²) in [7, 11) is 0. The number of hydrogen-bond donors (Lipinski definition) is 1. The van der Waals surface area contributed by atoms with Gasteiger partial charge in [-0.15, -0.1) is 11.3 Å². The normalized spacial score (nSPS) is 16.8. The van der Waals surface area contributed by atoms with Gasteiger partial charge >= 0.3 is 0 Å². The molecule has 0 aliphatic carbocycles. The molecule has 1 aliphatic rings. The predicted octanol–water partition coefficient (Wildman–Crippen LogP) is 4.49. The maximum atomic E-state index is 12.9. The van der Waals surface area contributed by atoms with Crippen LogP contribution in [0.3, 0.4) is 0 Å². The number of thiophene rings is 1. The Morgan fingerprint density at radius 1 is 1.22 bits per heavy atom. The average Bonchev–Trinajstić information content (AvgIpc) is 3.36. The molecule has 1 fully saturated rings. The number of rotatable bonds is 9. The average molecular weight is 387 g/mol. The van der Waals surface area contributed by atoms with E-state index >= 15 is 0 Å². The lowest BCUT2D eigenvalue weighted by Gasteiger charge is -2.24. The smallest absolute Gasteiger partial charge is 0.238 e. The van der Waals surface area contributed by atoms with Crippen molar-refractivity contribution in [2.75, 3.05) is 25.0 Å². The van der Waals surface area contributed by atoms with Crippen LogP contribution in [0.1, 0.15) is 42.7 Å². The van der Waals surface area contributed by atoms with E-state index in [1.807, 2.05) is 0 Å². The minimum atomic E-state index is 0.0557. The lowest BCUT2D eigenvalue weighted by molar-refractivity contribution is -0.117. The third kappa shape index (κ3) is 5.64. The Morgan fingerprint density at radius 2 is 2.00 bits per heavy atom. The van der Waals surface area contributed by atoms with E-state index in [4.69, 9.17) is 4.74 Å². The van der Waals surface area contributed by atoms with Crippen LogP contribution in [0.25, 0.3) is 0 Å². The Kier molecular flexibility index (Phi) is 7.44. The molecule has 1 N–H and O–H groups in total. The molecule has 0 bridgehead atoms. The number of nitrogens with zero attached hydrogens (tertiary/aromatic N) is 1. The van der Waals surface area contributed by atoms with Gasteiger partial charge in [0.15, 0.2) is 0 Å². The van der Waals surface area contributed by atoms with Crippen LogP contribution >= 0.6 is 11.3 Å². The number of carbonyl (C=O) groups is 1. The molecule has 3 rings (SSSR count). The lowest BCUT2D eigenvalue weighted by atomic mass is 10.0. The molecular weight excluding hydrogens is 356 g/mol. The lowest BCUT2D eigenvalue weighted by Crippen LogP contribution is -2.38. The number of nitrogens with one attached hydrogen (secondary N) is 1. The van der Waals surface area contributed by atoms with E-state index in [0.29, 0.717) is 6.54 Å². The zero-order valence-electron chi connectivity index (χ0n) is 16.4. The fraction of sp³-hybridized carbons (Fsp3) is 0.500. The van der Waals surface area contributed by atoms with E-state index in [1.54, 1.807) is 11.3 Å². The molecule has 0 radical (unpaired) electrons. The summed E-state index contributed by atoms with van der Waals surface area (Å²) in [6, 6.07) is 10.5. The highest BCUT2D eigenvalue weighted by atomic mass is 32.1. The standard InChI is InChI=1S/C22H30N2O2S/c1-3-17-8-5-9-18(4-2)22(17)23-21(25)16-24(14-19-10-6-12-26-19)15-20-11-7-13-27-20/h5,7-9,11,13,19H,3-4,6,10,12,14-16H2,1-2H3,(H,23,25)/t19-/m0/s1. The summed E-state index contributed by atoms with van der Waals surface area (Å²) in [5, 5.41) is 5.29. The van der Waals surface area contributed by atoms with Crippen LogP contribution in [0.4, 0.5) is 5.69 Å². The van der Waals surface area contributed by atoms with Crippen molar-refractivity contribution in [1.29, 1.82) is 0 Å². The highest BCUT2D eigenvalue weighted by Crippen LogP contribution is 2.23. The summed E-state index contributed by atoms with van der Waals surface area (Å²) in [6.45, 7) is 7.09. The van der Waals surface area contributed by atoms with E-state index < -0.39 is 0 Å². The van der Waals surface area contributed by atoms with E-state index in [0.717, 1.165) is 51.1 Å². The quantitative estimate of drug-likeness (QED) is 0.690. The van der Waals surface area contributed by atoms with E-state index in [1.165, 1.54) is 16.0 Å². The van der Waals surface area contributed by atoms with Gasteiger partial charge < -0.3 is 10.1 Å². The van der Waals surface area contributed by atoms with Crippen LogP contribution in [-0.2, 0) is 28.9 Å². The Hall–Kier alpha value is -1.69. The first-order chi connectivity index (χ1) is 13.2. The SMILES string of the molecule is CCc1cccc(CC)c1NC(=O)CN(Cc1cccs1)C[C@@H]1CCCO1. The Balaban J connectivity index is 1.68. The first-order valence-electron chi connectivity index (χ1n) is 9.96. The molecule has 1 aliphatic heterocycles. The largest absolute Gasteiger partial charge is 0.377 e. The van der Waals surface area contributed by atoms with Crippen molar-refractivity contribution in [1.82, 2.24) is 4.90 Å². The number of para-hydroxylation sites is 1. The van der Waals surface area contributed by atoms with Crippen LogP contribution in [0, 0.1) is 0 Å². The van der Waals surface area contributed by atoms with Gasteiger partial charge in [0.1, 0.15) is 0 Å². The van der Waals surface area contributed by atoms with Crippen molar-refractivity contribution in [3.63, 3.8) is 0 Å². The van der Waals surface area contributed by atoms with Crippen LogP contribution in [-0.4, -0.2) is 36.6 Å². The van der Waals surface area contributed by atoms with Crippen molar-refractivity contribution < 1.29 is 9.53 Å². The molecule has 1 atom stereocenters. The number of benzene rings is 1. The summed E-state index contributed by atoms with van der Waals surface area (Å²) >= 11 is 1.74. The third-order valence-corrected chi connectivity index (χ3v) is 5.94. The molecule has 0 saturated carbocycles. The number of carbonyl (C=O) groups excluding carboxylic acids is 1. The van der Waals surface area contributed by atoms with Crippen LogP contribution in [0.5, 0.6) is 0 Å². The number of anilines is 1. The van der Waals surface area contributed by atoms with Gasteiger partial charge in [0, 0.05) is 30.3 Å². The topological polar surface area (TPSA) is 41.6 Å². The fourth-order valence-electron chi connectivity index (χ4n) is 3.67. The zero-order valence-corrected chi connectivity index (χ0v) is 17.2. The van der Waals surface area contributed by atoms with Gasteiger partial charge in [-0.05, 0) is 48.3 Å².